The van der Waals surface area contributed by atoms with Crippen LogP contribution in [0.3, 0.4) is 0 Å². The van der Waals surface area contributed by atoms with Gasteiger partial charge in [0.05, 0.1) is 7.11 Å². The van der Waals surface area contributed by atoms with Crippen LogP contribution in [0.4, 0.5) is 0 Å². The lowest BCUT2D eigenvalue weighted by atomic mass is 10.4. The van der Waals surface area contributed by atoms with Gasteiger partial charge in [-0.25, -0.2) is 4.98 Å². The highest BCUT2D eigenvalue weighted by molar-refractivity contribution is 9.10. The van der Waals surface area contributed by atoms with E-state index in [0.717, 1.165) is 0 Å². The van der Waals surface area contributed by atoms with Gasteiger partial charge in [0.2, 0.25) is 0 Å². The van der Waals surface area contributed by atoms with E-state index in [4.69, 9.17) is 16.3 Å². The van der Waals surface area contributed by atoms with Gasteiger partial charge in [-0.1, -0.05) is 11.6 Å². The fourth-order valence-electron chi connectivity index (χ4n) is 1.01. The molecule has 2 aromatic heterocycles. The highest BCUT2D eigenvalue weighted by atomic mass is 79.9. The first-order chi connectivity index (χ1) is 6.22. The quantitative estimate of drug-likeness (QED) is 0.803. The average molecular weight is 262 g/mol. The van der Waals surface area contributed by atoms with Crippen LogP contribution in [-0.4, -0.2) is 22.3 Å². The van der Waals surface area contributed by atoms with Gasteiger partial charge in [-0.3, -0.25) is 5.10 Å². The van der Waals surface area contributed by atoms with Crippen molar-refractivity contribution in [1.82, 2.24) is 15.2 Å². The van der Waals surface area contributed by atoms with Crippen molar-refractivity contribution in [3.05, 3.63) is 15.8 Å². The number of pyridine rings is 1. The van der Waals surface area contributed by atoms with E-state index in [2.05, 4.69) is 31.1 Å². The number of hydrogen-bond acceptors (Lipinski definition) is 3. The van der Waals surface area contributed by atoms with Crippen LogP contribution in [-0.2, 0) is 0 Å². The van der Waals surface area contributed by atoms with Gasteiger partial charge in [0.15, 0.2) is 10.9 Å². The smallest absolute Gasteiger partial charge is 0.171 e. The number of methoxy groups -OCH3 is 1. The van der Waals surface area contributed by atoms with E-state index in [1.165, 1.54) is 7.11 Å². The third-order valence-corrected chi connectivity index (χ3v) is 2.45. The summed E-state index contributed by atoms with van der Waals surface area (Å²) in [5.74, 6) is 0.521. The van der Waals surface area contributed by atoms with E-state index in [1.807, 2.05) is 0 Å². The summed E-state index contributed by atoms with van der Waals surface area (Å²) < 4.78 is 5.71. The fraction of sp³-hybridized carbons (Fsp3) is 0.143. The summed E-state index contributed by atoms with van der Waals surface area (Å²) in [4.78, 5) is 4.11. The number of H-pyrrole nitrogens is 1. The molecule has 0 bridgehead atoms. The summed E-state index contributed by atoms with van der Waals surface area (Å²) in [5.41, 5.74) is 1.42. The van der Waals surface area contributed by atoms with Gasteiger partial charge in [-0.15, -0.1) is 0 Å². The first kappa shape index (κ1) is 8.77. The standard InChI is InChI=1S/C7H5BrClN3O/c1-13-4-2-3-5(10-7(4)9)6(8)12-11-3/h2H,1H3,(H,11,12). The maximum atomic E-state index is 5.83. The molecule has 0 spiro atoms. The van der Waals surface area contributed by atoms with Crippen molar-refractivity contribution < 1.29 is 4.74 Å². The molecule has 68 valence electrons. The zero-order valence-corrected chi connectivity index (χ0v) is 8.98. The van der Waals surface area contributed by atoms with E-state index < -0.39 is 0 Å². The molecule has 0 aliphatic heterocycles. The number of aromatic nitrogens is 3. The Bertz CT molecular complexity index is 456. The van der Waals surface area contributed by atoms with Gasteiger partial charge < -0.3 is 4.74 Å². The fourth-order valence-corrected chi connectivity index (χ4v) is 1.61. The van der Waals surface area contributed by atoms with Crippen molar-refractivity contribution >= 4 is 38.6 Å². The van der Waals surface area contributed by atoms with Crippen LogP contribution in [0, 0.1) is 0 Å². The maximum Gasteiger partial charge on any atom is 0.171 e. The molecule has 2 rings (SSSR count). The molecule has 1 N–H and O–H groups in total. The Morgan fingerprint density at radius 3 is 3.08 bits per heavy atom. The summed E-state index contributed by atoms with van der Waals surface area (Å²) in [6.45, 7) is 0. The molecule has 0 saturated carbocycles. The minimum atomic E-state index is 0.331. The van der Waals surface area contributed by atoms with Gasteiger partial charge in [0.25, 0.3) is 0 Å². The zero-order chi connectivity index (χ0) is 9.42. The summed E-state index contributed by atoms with van der Waals surface area (Å²) >= 11 is 9.10. The van der Waals surface area contributed by atoms with Crippen molar-refractivity contribution in [2.24, 2.45) is 0 Å². The first-order valence-electron chi connectivity index (χ1n) is 3.46. The molecule has 4 nitrogen and oxygen atoms in total. The van der Waals surface area contributed by atoms with Crippen molar-refractivity contribution in [3.8, 4) is 5.75 Å². The predicted molar refractivity (Wildman–Crippen MR) is 53.2 cm³/mol. The molecular formula is C7H5BrClN3O. The van der Waals surface area contributed by atoms with Crippen LogP contribution in [0.2, 0.25) is 5.15 Å². The van der Waals surface area contributed by atoms with Crippen molar-refractivity contribution in [2.45, 2.75) is 0 Å². The molecule has 0 radical (unpaired) electrons. The number of ether oxygens (including phenoxy) is 1. The Morgan fingerprint density at radius 1 is 1.62 bits per heavy atom. The zero-order valence-electron chi connectivity index (χ0n) is 6.64. The van der Waals surface area contributed by atoms with E-state index in [-0.39, 0.29) is 0 Å². The molecule has 6 heteroatoms. The van der Waals surface area contributed by atoms with Crippen molar-refractivity contribution in [3.63, 3.8) is 0 Å². The Balaban J connectivity index is 2.76. The number of nitrogens with one attached hydrogen (secondary N) is 1. The van der Waals surface area contributed by atoms with Crippen LogP contribution in [0.1, 0.15) is 0 Å². The monoisotopic (exact) mass is 261 g/mol. The molecule has 0 atom stereocenters. The van der Waals surface area contributed by atoms with Gasteiger partial charge in [-0.2, -0.15) is 5.10 Å². The molecule has 0 aromatic carbocycles. The lowest BCUT2D eigenvalue weighted by molar-refractivity contribution is 0.414. The molecule has 0 aliphatic carbocycles. The number of hydrogen-bond donors (Lipinski definition) is 1. The Kier molecular flexibility index (Phi) is 2.13. The second-order valence-corrected chi connectivity index (χ2v) is 3.54. The van der Waals surface area contributed by atoms with Crippen LogP contribution in [0.15, 0.2) is 10.7 Å². The minimum Gasteiger partial charge on any atom is -0.493 e. The van der Waals surface area contributed by atoms with E-state index in [0.29, 0.717) is 26.5 Å². The number of halogens is 2. The summed E-state index contributed by atoms with van der Waals surface area (Å²) in [6.07, 6.45) is 0. The van der Waals surface area contributed by atoms with Crippen LogP contribution >= 0.6 is 27.5 Å². The second kappa shape index (κ2) is 3.16. The maximum absolute atomic E-state index is 5.83. The van der Waals surface area contributed by atoms with Gasteiger partial charge in [0, 0.05) is 6.07 Å². The lowest BCUT2D eigenvalue weighted by Crippen LogP contribution is -1.87. The van der Waals surface area contributed by atoms with Crippen LogP contribution in [0.25, 0.3) is 11.0 Å². The highest BCUT2D eigenvalue weighted by Crippen LogP contribution is 2.28. The number of nitrogens with zero attached hydrogens (tertiary/aromatic N) is 2. The first-order valence-corrected chi connectivity index (χ1v) is 4.63. The summed E-state index contributed by atoms with van der Waals surface area (Å²) in [6, 6.07) is 1.73. The predicted octanol–water partition coefficient (Wildman–Crippen LogP) is 2.38. The van der Waals surface area contributed by atoms with Crippen LogP contribution < -0.4 is 4.74 Å². The second-order valence-electron chi connectivity index (χ2n) is 2.39. The molecule has 0 fully saturated rings. The molecule has 13 heavy (non-hydrogen) atoms. The normalized spacial score (nSPS) is 10.7. The molecule has 2 aromatic rings. The lowest BCUT2D eigenvalue weighted by Gasteiger charge is -2.00. The Morgan fingerprint density at radius 2 is 2.38 bits per heavy atom. The van der Waals surface area contributed by atoms with Gasteiger partial charge in [-0.05, 0) is 15.9 Å². The molecule has 0 aliphatic rings. The van der Waals surface area contributed by atoms with Gasteiger partial charge >= 0.3 is 0 Å². The highest BCUT2D eigenvalue weighted by Gasteiger charge is 2.09. The van der Waals surface area contributed by atoms with E-state index in [1.54, 1.807) is 6.07 Å². The number of rotatable bonds is 1. The third kappa shape index (κ3) is 1.38. The largest absolute Gasteiger partial charge is 0.493 e. The van der Waals surface area contributed by atoms with Crippen molar-refractivity contribution in [2.75, 3.05) is 7.11 Å². The van der Waals surface area contributed by atoms with E-state index in [9.17, 15) is 0 Å². The minimum absolute atomic E-state index is 0.331. The number of fused-ring (bicyclic) bond motifs is 1. The molecule has 0 amide bonds. The van der Waals surface area contributed by atoms with Crippen LogP contribution in [0.5, 0.6) is 5.75 Å². The van der Waals surface area contributed by atoms with Crippen molar-refractivity contribution in [1.29, 1.82) is 0 Å². The van der Waals surface area contributed by atoms with E-state index >= 15 is 0 Å². The third-order valence-electron chi connectivity index (χ3n) is 1.63. The molecule has 2 heterocycles. The average Bonchev–Trinajstić information content (AvgIpc) is 2.47. The summed E-state index contributed by atoms with van der Waals surface area (Å²) in [5, 5.41) is 7.07. The molecule has 0 unspecified atom stereocenters. The molecule has 0 saturated heterocycles. The Labute approximate surface area is 87.4 Å². The van der Waals surface area contributed by atoms with Gasteiger partial charge in [0.1, 0.15) is 15.6 Å². The summed E-state index contributed by atoms with van der Waals surface area (Å²) in [7, 11) is 1.54. The Hall–Kier alpha value is -0.810. The topological polar surface area (TPSA) is 50.8 Å². The molecular weight excluding hydrogens is 257 g/mol. The SMILES string of the molecule is COc1cc2n[nH]c(Br)c2nc1Cl. The number of aromatic amines is 1.